The van der Waals surface area contributed by atoms with E-state index in [9.17, 15) is 4.79 Å². The molecule has 1 rings (SSSR count). The summed E-state index contributed by atoms with van der Waals surface area (Å²) in [6.45, 7) is 0. The lowest BCUT2D eigenvalue weighted by Gasteiger charge is -2.09. The molecule has 0 fully saturated rings. The number of urea groups is 1. The summed E-state index contributed by atoms with van der Waals surface area (Å²) in [7, 11) is 1.57. The first-order chi connectivity index (χ1) is 4.72. The van der Waals surface area contributed by atoms with Gasteiger partial charge in [-0.3, -0.25) is 10.00 Å². The maximum Gasteiger partial charge on any atom is 0.320 e. The molecule has 54 valence electrons. The Kier molecular flexibility index (Phi) is 1.57. The highest BCUT2D eigenvalue weighted by Crippen LogP contribution is 2.03. The standard InChI is InChI=1S/C5H8N4O/c1-9(5(6)10)4-2-3-7-8-4/h2-3H,1H3,(H2,6,10)(H,7,8). The van der Waals surface area contributed by atoms with Crippen molar-refractivity contribution in [3.8, 4) is 0 Å². The summed E-state index contributed by atoms with van der Waals surface area (Å²) in [4.78, 5) is 11.8. The summed E-state index contributed by atoms with van der Waals surface area (Å²) in [5, 5.41) is 6.24. The molecule has 0 atom stereocenters. The van der Waals surface area contributed by atoms with Crippen LogP contribution in [-0.4, -0.2) is 23.3 Å². The minimum Gasteiger partial charge on any atom is -0.351 e. The van der Waals surface area contributed by atoms with Gasteiger partial charge in [0.1, 0.15) is 5.82 Å². The van der Waals surface area contributed by atoms with Crippen molar-refractivity contribution in [2.24, 2.45) is 5.73 Å². The van der Waals surface area contributed by atoms with E-state index in [1.807, 2.05) is 0 Å². The second kappa shape index (κ2) is 2.38. The summed E-state index contributed by atoms with van der Waals surface area (Å²) in [6.07, 6.45) is 1.55. The Morgan fingerprint density at radius 3 is 3.00 bits per heavy atom. The molecule has 0 radical (unpaired) electrons. The SMILES string of the molecule is CN(C(N)=O)c1ccn[nH]1. The van der Waals surface area contributed by atoms with E-state index in [4.69, 9.17) is 5.73 Å². The van der Waals surface area contributed by atoms with Crippen molar-refractivity contribution in [2.75, 3.05) is 11.9 Å². The van der Waals surface area contributed by atoms with Gasteiger partial charge in [0.2, 0.25) is 0 Å². The lowest BCUT2D eigenvalue weighted by atomic mass is 10.6. The third-order valence-electron chi connectivity index (χ3n) is 1.18. The van der Waals surface area contributed by atoms with Gasteiger partial charge in [0, 0.05) is 13.1 Å². The van der Waals surface area contributed by atoms with Gasteiger partial charge in [0.05, 0.1) is 6.20 Å². The zero-order valence-electron chi connectivity index (χ0n) is 5.53. The predicted octanol–water partition coefficient (Wildman–Crippen LogP) is -0.0754. The summed E-state index contributed by atoms with van der Waals surface area (Å²) >= 11 is 0. The summed E-state index contributed by atoms with van der Waals surface area (Å²) in [5.41, 5.74) is 4.97. The van der Waals surface area contributed by atoms with Gasteiger partial charge >= 0.3 is 6.03 Å². The first-order valence-corrected chi connectivity index (χ1v) is 2.74. The number of nitrogens with zero attached hydrogens (tertiary/aromatic N) is 2. The fraction of sp³-hybridized carbons (Fsp3) is 0.200. The van der Waals surface area contributed by atoms with E-state index in [1.54, 1.807) is 19.3 Å². The lowest BCUT2D eigenvalue weighted by molar-refractivity contribution is 0.255. The number of nitrogens with two attached hydrogens (primary N) is 1. The van der Waals surface area contributed by atoms with Gasteiger partial charge in [0.25, 0.3) is 0 Å². The van der Waals surface area contributed by atoms with Crippen molar-refractivity contribution in [3.05, 3.63) is 12.3 Å². The van der Waals surface area contributed by atoms with Gasteiger partial charge in [0.15, 0.2) is 0 Å². The van der Waals surface area contributed by atoms with E-state index in [-0.39, 0.29) is 0 Å². The van der Waals surface area contributed by atoms with Crippen LogP contribution in [0.1, 0.15) is 0 Å². The first-order valence-electron chi connectivity index (χ1n) is 2.74. The van der Waals surface area contributed by atoms with Gasteiger partial charge in [-0.1, -0.05) is 0 Å². The highest BCUT2D eigenvalue weighted by atomic mass is 16.2. The number of carbonyl (C=O) groups is 1. The van der Waals surface area contributed by atoms with Crippen molar-refractivity contribution in [2.45, 2.75) is 0 Å². The zero-order valence-corrected chi connectivity index (χ0v) is 5.53. The van der Waals surface area contributed by atoms with Gasteiger partial charge in [-0.05, 0) is 0 Å². The number of H-pyrrole nitrogens is 1. The van der Waals surface area contributed by atoms with E-state index in [1.165, 1.54) is 4.90 Å². The molecule has 5 nitrogen and oxygen atoms in total. The number of aromatic nitrogens is 2. The number of carbonyl (C=O) groups excluding carboxylic acids is 1. The number of amides is 2. The molecule has 0 aromatic carbocycles. The molecular weight excluding hydrogens is 132 g/mol. The second-order valence-corrected chi connectivity index (χ2v) is 1.84. The predicted molar refractivity (Wildman–Crippen MR) is 36.6 cm³/mol. The van der Waals surface area contributed by atoms with Crippen LogP contribution in [0, 0.1) is 0 Å². The van der Waals surface area contributed by atoms with Gasteiger partial charge in [-0.2, -0.15) is 5.10 Å². The normalized spacial score (nSPS) is 9.30. The third kappa shape index (κ3) is 1.07. The number of hydrogen-bond acceptors (Lipinski definition) is 2. The van der Waals surface area contributed by atoms with Crippen LogP contribution in [0.3, 0.4) is 0 Å². The molecule has 0 aliphatic carbocycles. The number of anilines is 1. The van der Waals surface area contributed by atoms with Crippen molar-refractivity contribution in [3.63, 3.8) is 0 Å². The van der Waals surface area contributed by atoms with Crippen LogP contribution in [0.25, 0.3) is 0 Å². The van der Waals surface area contributed by atoms with Crippen LogP contribution in [0.5, 0.6) is 0 Å². The fourth-order valence-corrected chi connectivity index (χ4v) is 0.554. The molecule has 5 heteroatoms. The van der Waals surface area contributed by atoms with E-state index >= 15 is 0 Å². The smallest absolute Gasteiger partial charge is 0.320 e. The summed E-state index contributed by atoms with van der Waals surface area (Å²) in [5.74, 6) is 0.590. The van der Waals surface area contributed by atoms with Crippen LogP contribution in [0.15, 0.2) is 12.3 Å². The third-order valence-corrected chi connectivity index (χ3v) is 1.18. The quantitative estimate of drug-likeness (QED) is 0.572. The maximum absolute atomic E-state index is 10.5. The van der Waals surface area contributed by atoms with Crippen molar-refractivity contribution in [1.29, 1.82) is 0 Å². The molecule has 1 aromatic heterocycles. The van der Waals surface area contributed by atoms with Crippen LogP contribution < -0.4 is 10.6 Å². The molecule has 1 aromatic rings. The molecule has 3 N–H and O–H groups in total. The van der Waals surface area contributed by atoms with Gasteiger partial charge < -0.3 is 5.73 Å². The number of hydrogen-bond donors (Lipinski definition) is 2. The molecule has 10 heavy (non-hydrogen) atoms. The largest absolute Gasteiger partial charge is 0.351 e. The number of nitrogens with one attached hydrogen (secondary N) is 1. The molecule has 0 saturated heterocycles. The highest BCUT2D eigenvalue weighted by molar-refractivity contribution is 5.88. The fourth-order valence-electron chi connectivity index (χ4n) is 0.554. The van der Waals surface area contributed by atoms with Gasteiger partial charge in [-0.25, -0.2) is 4.79 Å². The van der Waals surface area contributed by atoms with E-state index in [0.717, 1.165) is 0 Å². The molecule has 0 bridgehead atoms. The van der Waals surface area contributed by atoms with E-state index < -0.39 is 6.03 Å². The van der Waals surface area contributed by atoms with E-state index in [0.29, 0.717) is 5.82 Å². The Morgan fingerprint density at radius 2 is 2.60 bits per heavy atom. The molecule has 2 amide bonds. The highest BCUT2D eigenvalue weighted by Gasteiger charge is 2.05. The maximum atomic E-state index is 10.5. The topological polar surface area (TPSA) is 75.0 Å². The minimum atomic E-state index is -0.510. The Labute approximate surface area is 57.8 Å². The molecule has 0 unspecified atom stereocenters. The van der Waals surface area contributed by atoms with Gasteiger partial charge in [-0.15, -0.1) is 0 Å². The monoisotopic (exact) mass is 140 g/mol. The first kappa shape index (κ1) is 6.60. The molecule has 1 heterocycles. The average Bonchev–Trinajstić information content (AvgIpc) is 2.36. The Bertz CT molecular complexity index is 218. The minimum absolute atomic E-state index is 0.510. The number of primary amides is 1. The van der Waals surface area contributed by atoms with Crippen LogP contribution in [-0.2, 0) is 0 Å². The Hall–Kier alpha value is -1.52. The van der Waals surface area contributed by atoms with Crippen LogP contribution in [0.4, 0.5) is 10.6 Å². The van der Waals surface area contributed by atoms with E-state index in [2.05, 4.69) is 10.2 Å². The van der Waals surface area contributed by atoms with Crippen LogP contribution >= 0.6 is 0 Å². The molecule has 0 spiro atoms. The zero-order chi connectivity index (χ0) is 7.56. The molecular formula is C5H8N4O. The molecule has 0 aliphatic heterocycles. The second-order valence-electron chi connectivity index (χ2n) is 1.84. The Balaban J connectivity index is 2.77. The van der Waals surface area contributed by atoms with Crippen molar-refractivity contribution in [1.82, 2.24) is 10.2 Å². The molecule has 0 aliphatic rings. The average molecular weight is 140 g/mol. The molecule has 0 saturated carbocycles. The van der Waals surface area contributed by atoms with Crippen molar-refractivity contribution >= 4 is 11.8 Å². The number of aromatic amines is 1. The number of rotatable bonds is 1. The Morgan fingerprint density at radius 1 is 1.90 bits per heavy atom. The summed E-state index contributed by atoms with van der Waals surface area (Å²) in [6, 6.07) is 1.15. The summed E-state index contributed by atoms with van der Waals surface area (Å²) < 4.78 is 0. The van der Waals surface area contributed by atoms with Crippen LogP contribution in [0.2, 0.25) is 0 Å². The lowest BCUT2D eigenvalue weighted by Crippen LogP contribution is -2.31. The van der Waals surface area contributed by atoms with Crippen molar-refractivity contribution < 1.29 is 4.79 Å².